The van der Waals surface area contributed by atoms with E-state index in [1.54, 1.807) is 26.0 Å². The molecule has 1 unspecified atom stereocenters. The van der Waals surface area contributed by atoms with Gasteiger partial charge in [0, 0.05) is 10.0 Å². The highest BCUT2D eigenvalue weighted by Crippen LogP contribution is 2.24. The van der Waals surface area contributed by atoms with Crippen LogP contribution >= 0.6 is 31.9 Å². The fraction of sp³-hybridized carbons (Fsp3) is 0.385. The van der Waals surface area contributed by atoms with Crippen LogP contribution < -0.4 is 0 Å². The molecule has 0 aliphatic heterocycles. The molecule has 0 aliphatic carbocycles. The summed E-state index contributed by atoms with van der Waals surface area (Å²) < 4.78 is 5.66. The first-order valence-corrected chi connectivity index (χ1v) is 7.29. The van der Waals surface area contributed by atoms with Crippen LogP contribution in [0.1, 0.15) is 29.8 Å². The van der Waals surface area contributed by atoms with Crippen LogP contribution in [0.25, 0.3) is 0 Å². The third-order valence-corrected chi connectivity index (χ3v) is 3.53. The molecule has 18 heavy (non-hydrogen) atoms. The summed E-state index contributed by atoms with van der Waals surface area (Å²) in [5, 5.41) is 0. The topological polar surface area (TPSA) is 43.4 Å². The largest absolute Gasteiger partial charge is 0.466 e. The third-order valence-electron chi connectivity index (χ3n) is 2.37. The molecule has 1 rings (SSSR count). The van der Waals surface area contributed by atoms with E-state index in [4.69, 9.17) is 4.74 Å². The minimum atomic E-state index is -0.333. The summed E-state index contributed by atoms with van der Waals surface area (Å²) in [6.45, 7) is 3.85. The minimum Gasteiger partial charge on any atom is -0.466 e. The number of halogens is 2. The average Bonchev–Trinajstić information content (AvgIpc) is 2.31. The van der Waals surface area contributed by atoms with Crippen molar-refractivity contribution in [2.45, 2.75) is 25.1 Å². The van der Waals surface area contributed by atoms with Crippen molar-refractivity contribution in [1.82, 2.24) is 0 Å². The molecule has 3 nitrogen and oxygen atoms in total. The minimum absolute atomic E-state index is 0.0457. The van der Waals surface area contributed by atoms with Crippen molar-refractivity contribution in [3.8, 4) is 0 Å². The van der Waals surface area contributed by atoms with Crippen molar-refractivity contribution in [2.24, 2.45) is 0 Å². The fourth-order valence-corrected chi connectivity index (χ4v) is 2.29. The van der Waals surface area contributed by atoms with Gasteiger partial charge in [-0.3, -0.25) is 9.59 Å². The maximum atomic E-state index is 12.0. The molecule has 0 aliphatic rings. The van der Waals surface area contributed by atoms with Crippen LogP contribution in [0, 0.1) is 0 Å². The predicted molar refractivity (Wildman–Crippen MR) is 77.2 cm³/mol. The van der Waals surface area contributed by atoms with Gasteiger partial charge in [-0.15, -0.1) is 0 Å². The van der Waals surface area contributed by atoms with Crippen molar-refractivity contribution in [3.63, 3.8) is 0 Å². The van der Waals surface area contributed by atoms with Gasteiger partial charge in [-0.1, -0.05) is 44.0 Å². The summed E-state index contributed by atoms with van der Waals surface area (Å²) in [6, 6.07) is 5.31. The van der Waals surface area contributed by atoms with E-state index in [-0.39, 0.29) is 23.0 Å². The number of hydrogen-bond donors (Lipinski definition) is 0. The number of benzene rings is 1. The van der Waals surface area contributed by atoms with Gasteiger partial charge in [0.05, 0.1) is 17.9 Å². The van der Waals surface area contributed by atoms with Gasteiger partial charge in [-0.25, -0.2) is 0 Å². The van der Waals surface area contributed by atoms with Crippen LogP contribution in [0.3, 0.4) is 0 Å². The molecule has 0 saturated heterocycles. The zero-order valence-corrected chi connectivity index (χ0v) is 13.4. The first kappa shape index (κ1) is 15.4. The normalized spacial score (nSPS) is 12.0. The fourth-order valence-electron chi connectivity index (χ4n) is 1.54. The van der Waals surface area contributed by atoms with Crippen LogP contribution in [-0.2, 0) is 16.0 Å². The number of esters is 1. The van der Waals surface area contributed by atoms with E-state index in [0.29, 0.717) is 17.7 Å². The summed E-state index contributed by atoms with van der Waals surface area (Å²) >= 11 is 6.62. The average molecular weight is 378 g/mol. The first-order chi connectivity index (χ1) is 8.47. The van der Waals surface area contributed by atoms with E-state index >= 15 is 0 Å². The SMILES string of the molecule is CCOC(=O)Cc1c(Br)cccc1C(=O)C(C)Br. The molecule has 0 saturated carbocycles. The second-order valence-electron chi connectivity index (χ2n) is 3.73. The number of Topliss-reactive ketones (excluding diaryl/α,β-unsaturated/α-hetero) is 1. The van der Waals surface area contributed by atoms with E-state index in [1.807, 2.05) is 6.07 Å². The highest BCUT2D eigenvalue weighted by Gasteiger charge is 2.19. The Kier molecular flexibility index (Phi) is 6.02. The van der Waals surface area contributed by atoms with Gasteiger partial charge < -0.3 is 4.74 Å². The molecule has 5 heteroatoms. The molecular weight excluding hydrogens is 364 g/mol. The van der Waals surface area contributed by atoms with Gasteiger partial charge in [0.15, 0.2) is 5.78 Å². The van der Waals surface area contributed by atoms with Crippen molar-refractivity contribution in [1.29, 1.82) is 0 Å². The van der Waals surface area contributed by atoms with Crippen LogP contribution in [0.4, 0.5) is 0 Å². The highest BCUT2D eigenvalue weighted by atomic mass is 79.9. The van der Waals surface area contributed by atoms with Crippen molar-refractivity contribution in [2.75, 3.05) is 6.61 Å². The van der Waals surface area contributed by atoms with Crippen molar-refractivity contribution in [3.05, 3.63) is 33.8 Å². The molecule has 0 bridgehead atoms. The number of alkyl halides is 1. The highest BCUT2D eigenvalue weighted by molar-refractivity contribution is 9.10. The zero-order chi connectivity index (χ0) is 13.7. The lowest BCUT2D eigenvalue weighted by Gasteiger charge is -2.11. The van der Waals surface area contributed by atoms with Crippen molar-refractivity contribution < 1.29 is 14.3 Å². The lowest BCUT2D eigenvalue weighted by Crippen LogP contribution is -2.16. The molecule has 0 fully saturated rings. The standard InChI is InChI=1S/C13H14Br2O3/c1-3-18-12(16)7-10-9(13(17)8(2)14)5-4-6-11(10)15/h4-6,8H,3,7H2,1-2H3. The monoisotopic (exact) mass is 376 g/mol. The Balaban J connectivity index is 3.08. The Hall–Kier alpha value is -0.680. The molecule has 0 amide bonds. The molecule has 0 heterocycles. The van der Waals surface area contributed by atoms with Crippen LogP contribution in [-0.4, -0.2) is 23.2 Å². The lowest BCUT2D eigenvalue weighted by atomic mass is 10.00. The number of hydrogen-bond acceptors (Lipinski definition) is 3. The van der Waals surface area contributed by atoms with E-state index in [2.05, 4.69) is 31.9 Å². The van der Waals surface area contributed by atoms with Crippen LogP contribution in [0.5, 0.6) is 0 Å². The maximum Gasteiger partial charge on any atom is 0.310 e. The van der Waals surface area contributed by atoms with Gasteiger partial charge in [-0.2, -0.15) is 0 Å². The molecule has 0 spiro atoms. The van der Waals surface area contributed by atoms with Gasteiger partial charge in [0.2, 0.25) is 0 Å². The first-order valence-electron chi connectivity index (χ1n) is 5.58. The van der Waals surface area contributed by atoms with Crippen LogP contribution in [0.15, 0.2) is 22.7 Å². The maximum absolute atomic E-state index is 12.0. The molecule has 0 aromatic heterocycles. The quantitative estimate of drug-likeness (QED) is 0.448. The Morgan fingerprint density at radius 3 is 2.61 bits per heavy atom. The Morgan fingerprint density at radius 1 is 1.39 bits per heavy atom. The molecular formula is C13H14Br2O3. The number of rotatable bonds is 5. The van der Waals surface area contributed by atoms with E-state index in [1.165, 1.54) is 0 Å². The molecule has 0 N–H and O–H groups in total. The predicted octanol–water partition coefficient (Wildman–Crippen LogP) is 3.52. The zero-order valence-electron chi connectivity index (χ0n) is 10.2. The van der Waals surface area contributed by atoms with E-state index in [9.17, 15) is 9.59 Å². The number of carbonyl (C=O) groups is 2. The summed E-state index contributed by atoms with van der Waals surface area (Å²) in [7, 11) is 0. The van der Waals surface area contributed by atoms with Crippen LogP contribution in [0.2, 0.25) is 0 Å². The Labute approximate surface area is 123 Å². The summed E-state index contributed by atoms with van der Waals surface area (Å²) in [6.07, 6.45) is 0.0933. The Morgan fingerprint density at radius 2 is 2.06 bits per heavy atom. The Bertz CT molecular complexity index is 456. The second-order valence-corrected chi connectivity index (χ2v) is 5.96. The summed E-state index contributed by atoms with van der Waals surface area (Å²) in [4.78, 5) is 23.3. The number of carbonyl (C=O) groups excluding carboxylic acids is 2. The summed E-state index contributed by atoms with van der Waals surface area (Å²) in [5.74, 6) is -0.378. The van der Waals surface area contributed by atoms with Gasteiger partial charge in [0.1, 0.15) is 0 Å². The third kappa shape index (κ3) is 3.92. The molecule has 98 valence electrons. The molecule has 1 aromatic carbocycles. The second kappa shape index (κ2) is 7.04. The number of ether oxygens (including phenoxy) is 1. The van der Waals surface area contributed by atoms with E-state index < -0.39 is 0 Å². The molecule has 1 atom stereocenters. The van der Waals surface area contributed by atoms with Gasteiger partial charge in [-0.05, 0) is 25.5 Å². The van der Waals surface area contributed by atoms with Crippen molar-refractivity contribution >= 4 is 43.6 Å². The number of ketones is 1. The van der Waals surface area contributed by atoms with E-state index in [0.717, 1.165) is 4.47 Å². The van der Waals surface area contributed by atoms with Gasteiger partial charge in [0.25, 0.3) is 0 Å². The van der Waals surface area contributed by atoms with Gasteiger partial charge >= 0.3 is 5.97 Å². The summed E-state index contributed by atoms with van der Waals surface area (Å²) in [5.41, 5.74) is 1.22. The lowest BCUT2D eigenvalue weighted by molar-refractivity contribution is -0.142. The molecule has 0 radical (unpaired) electrons. The smallest absolute Gasteiger partial charge is 0.310 e. The molecule has 1 aromatic rings.